The van der Waals surface area contributed by atoms with Gasteiger partial charge in [-0.1, -0.05) is 0 Å². The number of hydrogen-bond acceptors (Lipinski definition) is 7. The molecular formula is C17H22N6O3. The quantitative estimate of drug-likeness (QED) is 0.727. The van der Waals surface area contributed by atoms with E-state index in [-0.39, 0.29) is 30.3 Å². The largest absolute Gasteiger partial charge is 0.475 e. The third-order valence-corrected chi connectivity index (χ3v) is 4.06. The summed E-state index contributed by atoms with van der Waals surface area (Å²) in [5.41, 5.74) is 7.71. The van der Waals surface area contributed by atoms with E-state index >= 15 is 0 Å². The molecule has 3 N–H and O–H groups in total. The van der Waals surface area contributed by atoms with E-state index in [4.69, 9.17) is 20.6 Å². The maximum atomic E-state index is 11.5. The van der Waals surface area contributed by atoms with Crippen molar-refractivity contribution in [2.45, 2.75) is 19.9 Å². The third kappa shape index (κ3) is 3.61. The Morgan fingerprint density at radius 2 is 2.31 bits per heavy atom. The van der Waals surface area contributed by atoms with Crippen molar-refractivity contribution in [2.75, 3.05) is 32.0 Å². The van der Waals surface area contributed by atoms with Crippen molar-refractivity contribution < 1.29 is 14.3 Å². The minimum Gasteiger partial charge on any atom is -0.475 e. The van der Waals surface area contributed by atoms with Gasteiger partial charge in [0.25, 0.3) is 0 Å². The molecule has 1 amide bonds. The first kappa shape index (κ1) is 17.7. The van der Waals surface area contributed by atoms with Gasteiger partial charge in [-0.3, -0.25) is 10.1 Å². The smallest absolute Gasteiger partial charge is 0.410 e. The van der Waals surface area contributed by atoms with E-state index in [2.05, 4.69) is 10.1 Å². The van der Waals surface area contributed by atoms with Crippen LogP contribution in [0.4, 0.5) is 10.5 Å². The lowest BCUT2D eigenvalue weighted by molar-refractivity contribution is 0.152. The Kier molecular flexibility index (Phi) is 5.06. The molecule has 0 radical (unpaired) electrons. The molecule has 0 atom stereocenters. The molecule has 0 bridgehead atoms. The Morgan fingerprint density at radius 3 is 2.96 bits per heavy atom. The number of carbonyl (C=O) groups excluding carboxylic acids is 1. The molecule has 1 fully saturated rings. The first-order chi connectivity index (χ1) is 12.5. The molecular weight excluding hydrogens is 336 g/mol. The molecule has 0 saturated carbocycles. The molecule has 3 rings (SSSR count). The fraction of sp³-hybridized carbons (Fsp3) is 0.412. The fourth-order valence-corrected chi connectivity index (χ4v) is 2.59. The topological polar surface area (TPSA) is 119 Å². The predicted octanol–water partition coefficient (Wildman–Crippen LogP) is 1.69. The van der Waals surface area contributed by atoms with E-state index in [1.54, 1.807) is 28.0 Å². The van der Waals surface area contributed by atoms with Gasteiger partial charge in [0.1, 0.15) is 13.2 Å². The summed E-state index contributed by atoms with van der Waals surface area (Å²) >= 11 is 0. The molecule has 0 aromatic carbocycles. The van der Waals surface area contributed by atoms with Gasteiger partial charge < -0.3 is 20.1 Å². The molecule has 1 aliphatic heterocycles. The fourth-order valence-electron chi connectivity index (χ4n) is 2.59. The molecule has 9 nitrogen and oxygen atoms in total. The van der Waals surface area contributed by atoms with Crippen molar-refractivity contribution >= 4 is 17.5 Å². The molecule has 9 heteroatoms. The highest BCUT2D eigenvalue weighted by molar-refractivity contribution is 6.15. The number of anilines is 1. The summed E-state index contributed by atoms with van der Waals surface area (Å²) < 4.78 is 12.4. The van der Waals surface area contributed by atoms with Gasteiger partial charge >= 0.3 is 6.09 Å². The van der Waals surface area contributed by atoms with Crippen molar-refractivity contribution in [3.8, 4) is 5.88 Å². The van der Waals surface area contributed by atoms with E-state index in [9.17, 15) is 4.79 Å². The Hall–Kier alpha value is -3.10. The predicted molar refractivity (Wildman–Crippen MR) is 95.6 cm³/mol. The van der Waals surface area contributed by atoms with Gasteiger partial charge in [-0.25, -0.2) is 9.78 Å². The molecule has 3 heterocycles. The van der Waals surface area contributed by atoms with E-state index in [1.165, 1.54) is 6.20 Å². The number of amides is 1. The van der Waals surface area contributed by atoms with Crippen LogP contribution < -0.4 is 10.5 Å². The van der Waals surface area contributed by atoms with E-state index in [1.807, 2.05) is 13.8 Å². The van der Waals surface area contributed by atoms with E-state index in [0.717, 1.165) is 0 Å². The standard InChI is InChI=1S/C17H22N6O3/c1-11(2)23-10-12(9-21-23)15(19)14-13(18)3-4-20-16(14)25-7-5-22-6-8-26-17(22)24/h3-4,9-11,19H,5-8H2,1-2H3,(H2,18,20). The molecule has 138 valence electrons. The molecule has 0 unspecified atom stereocenters. The summed E-state index contributed by atoms with van der Waals surface area (Å²) in [6, 6.07) is 1.82. The zero-order valence-electron chi connectivity index (χ0n) is 14.8. The van der Waals surface area contributed by atoms with E-state index in [0.29, 0.717) is 36.5 Å². The van der Waals surface area contributed by atoms with Crippen LogP contribution in [0.1, 0.15) is 31.0 Å². The van der Waals surface area contributed by atoms with Crippen LogP contribution in [0.15, 0.2) is 24.7 Å². The summed E-state index contributed by atoms with van der Waals surface area (Å²) in [4.78, 5) is 17.2. The number of nitrogens with zero attached hydrogens (tertiary/aromatic N) is 4. The number of aromatic nitrogens is 3. The number of nitrogens with two attached hydrogens (primary N) is 1. The SMILES string of the molecule is CC(C)n1cc(C(=N)c2c(N)ccnc2OCCN2CCOC2=O)cn1. The van der Waals surface area contributed by atoms with Gasteiger partial charge in [0.2, 0.25) is 5.88 Å². The first-order valence-corrected chi connectivity index (χ1v) is 8.39. The van der Waals surface area contributed by atoms with Crippen LogP contribution in [-0.4, -0.2) is 57.8 Å². The zero-order valence-corrected chi connectivity index (χ0v) is 14.8. The van der Waals surface area contributed by atoms with Crippen LogP contribution >= 0.6 is 0 Å². The second-order valence-corrected chi connectivity index (χ2v) is 6.21. The van der Waals surface area contributed by atoms with Crippen LogP contribution in [0.25, 0.3) is 0 Å². The molecule has 1 saturated heterocycles. The highest BCUT2D eigenvalue weighted by atomic mass is 16.6. The second kappa shape index (κ2) is 7.42. The second-order valence-electron chi connectivity index (χ2n) is 6.21. The number of pyridine rings is 1. The highest BCUT2D eigenvalue weighted by Gasteiger charge is 2.22. The molecule has 2 aromatic heterocycles. The van der Waals surface area contributed by atoms with Gasteiger partial charge in [-0.15, -0.1) is 0 Å². The van der Waals surface area contributed by atoms with Crippen molar-refractivity contribution in [3.05, 3.63) is 35.8 Å². The van der Waals surface area contributed by atoms with Gasteiger partial charge in [0.05, 0.1) is 30.6 Å². The Bertz CT molecular complexity index is 817. The number of carbonyl (C=O) groups is 1. The van der Waals surface area contributed by atoms with Gasteiger partial charge in [0, 0.05) is 29.7 Å². The summed E-state index contributed by atoms with van der Waals surface area (Å²) in [7, 11) is 0. The van der Waals surface area contributed by atoms with Crippen LogP contribution in [0.3, 0.4) is 0 Å². The Labute approximate surface area is 151 Å². The summed E-state index contributed by atoms with van der Waals surface area (Å²) in [6.07, 6.45) is 4.61. The van der Waals surface area contributed by atoms with Crippen LogP contribution in [0.2, 0.25) is 0 Å². The molecule has 2 aromatic rings. The van der Waals surface area contributed by atoms with Gasteiger partial charge in [0.15, 0.2) is 0 Å². The Morgan fingerprint density at radius 1 is 1.50 bits per heavy atom. The summed E-state index contributed by atoms with van der Waals surface area (Å²) in [5, 5.41) is 12.8. The summed E-state index contributed by atoms with van der Waals surface area (Å²) in [5.74, 6) is 0.264. The average molecular weight is 358 g/mol. The van der Waals surface area contributed by atoms with Gasteiger partial charge in [-0.2, -0.15) is 5.10 Å². The van der Waals surface area contributed by atoms with Crippen molar-refractivity contribution in [3.63, 3.8) is 0 Å². The molecule has 0 aliphatic carbocycles. The number of rotatable bonds is 7. The first-order valence-electron chi connectivity index (χ1n) is 8.39. The lowest BCUT2D eigenvalue weighted by Crippen LogP contribution is -2.29. The Balaban J connectivity index is 1.75. The average Bonchev–Trinajstić information content (AvgIpc) is 3.24. The van der Waals surface area contributed by atoms with E-state index < -0.39 is 0 Å². The lowest BCUT2D eigenvalue weighted by Gasteiger charge is -2.15. The number of ether oxygens (including phenoxy) is 2. The number of cyclic esters (lactones) is 1. The van der Waals surface area contributed by atoms with Crippen molar-refractivity contribution in [1.29, 1.82) is 5.41 Å². The van der Waals surface area contributed by atoms with Crippen molar-refractivity contribution in [1.82, 2.24) is 19.7 Å². The molecule has 0 spiro atoms. The maximum Gasteiger partial charge on any atom is 0.410 e. The van der Waals surface area contributed by atoms with Crippen LogP contribution in [0.5, 0.6) is 5.88 Å². The maximum absolute atomic E-state index is 11.5. The monoisotopic (exact) mass is 358 g/mol. The number of nitrogens with one attached hydrogen (secondary N) is 1. The molecule has 1 aliphatic rings. The van der Waals surface area contributed by atoms with Gasteiger partial charge in [-0.05, 0) is 19.9 Å². The van der Waals surface area contributed by atoms with Crippen LogP contribution in [0, 0.1) is 5.41 Å². The van der Waals surface area contributed by atoms with Crippen LogP contribution in [-0.2, 0) is 4.74 Å². The highest BCUT2D eigenvalue weighted by Crippen LogP contribution is 2.25. The molecule has 26 heavy (non-hydrogen) atoms. The number of nitrogen functional groups attached to an aromatic ring is 1. The minimum absolute atomic E-state index is 0.193. The zero-order chi connectivity index (χ0) is 18.7. The summed E-state index contributed by atoms with van der Waals surface area (Å²) in [6.45, 7) is 5.58. The number of hydrogen-bond donors (Lipinski definition) is 2. The normalized spacial score (nSPS) is 14.0. The minimum atomic E-state index is -0.344. The van der Waals surface area contributed by atoms with Crippen molar-refractivity contribution in [2.24, 2.45) is 0 Å². The lowest BCUT2D eigenvalue weighted by atomic mass is 10.1. The third-order valence-electron chi connectivity index (χ3n) is 4.06.